The van der Waals surface area contributed by atoms with Crippen molar-refractivity contribution in [2.45, 2.75) is 52.6 Å². The lowest BCUT2D eigenvalue weighted by molar-refractivity contribution is -0.132. The quantitative estimate of drug-likeness (QED) is 0.727. The van der Waals surface area contributed by atoms with E-state index in [1.54, 1.807) is 4.90 Å². The summed E-state index contributed by atoms with van der Waals surface area (Å²) < 4.78 is 0. The van der Waals surface area contributed by atoms with Crippen LogP contribution >= 0.6 is 0 Å². The Balaban J connectivity index is 1.57. The minimum absolute atomic E-state index is 0.0176. The minimum Gasteiger partial charge on any atom is -0.352 e. The lowest BCUT2D eigenvalue weighted by Gasteiger charge is -2.37. The summed E-state index contributed by atoms with van der Waals surface area (Å²) in [7, 11) is 0. The van der Waals surface area contributed by atoms with Crippen LogP contribution in [0.25, 0.3) is 11.3 Å². The molecule has 1 aromatic carbocycles. The molecule has 1 aliphatic heterocycles. The number of aromatic nitrogens is 2. The predicted molar refractivity (Wildman–Crippen MR) is 131 cm³/mol. The molecule has 1 atom stereocenters. The molecular weight excluding hydrogens is 416 g/mol. The average molecular weight is 453 g/mol. The van der Waals surface area contributed by atoms with Crippen LogP contribution in [0.15, 0.2) is 42.5 Å². The van der Waals surface area contributed by atoms with Gasteiger partial charge in [0.1, 0.15) is 6.54 Å². The summed E-state index contributed by atoms with van der Waals surface area (Å²) in [5.74, 6) is 0.789. The largest absolute Gasteiger partial charge is 0.352 e. The van der Waals surface area contributed by atoms with E-state index >= 15 is 0 Å². The van der Waals surface area contributed by atoms with Crippen molar-refractivity contribution in [2.75, 3.05) is 37.6 Å². The Morgan fingerprint density at radius 1 is 1.03 bits per heavy atom. The summed E-state index contributed by atoms with van der Waals surface area (Å²) in [5, 5.41) is 11.8. The van der Waals surface area contributed by atoms with E-state index in [1.807, 2.05) is 82.0 Å². The van der Waals surface area contributed by atoms with Crippen LogP contribution in [-0.4, -0.2) is 76.2 Å². The fourth-order valence-electron chi connectivity index (χ4n) is 3.73. The summed E-state index contributed by atoms with van der Waals surface area (Å²) in [4.78, 5) is 31.4. The van der Waals surface area contributed by atoms with Crippen LogP contribution in [0.3, 0.4) is 0 Å². The van der Waals surface area contributed by atoms with Crippen molar-refractivity contribution >= 4 is 17.8 Å². The number of urea groups is 1. The van der Waals surface area contributed by atoms with Crippen molar-refractivity contribution in [3.8, 4) is 11.3 Å². The third kappa shape index (κ3) is 6.66. The molecule has 8 heteroatoms. The molecule has 0 saturated carbocycles. The molecule has 3 rings (SSSR count). The van der Waals surface area contributed by atoms with Crippen molar-refractivity contribution in [1.82, 2.24) is 25.3 Å². The molecule has 33 heavy (non-hydrogen) atoms. The fourth-order valence-corrected chi connectivity index (χ4v) is 3.73. The minimum atomic E-state index is -0.353. The SMILES string of the molecule is CCC(C)N(CC(=O)N1CCN(c2ccc(-c3ccccc3)nn2)CC1)C(=O)NC(C)(C)C. The summed E-state index contributed by atoms with van der Waals surface area (Å²) in [6.07, 6.45) is 0.788. The lowest BCUT2D eigenvalue weighted by Crippen LogP contribution is -2.56. The molecule has 2 aromatic rings. The molecule has 0 radical (unpaired) electrons. The van der Waals surface area contributed by atoms with Gasteiger partial charge in [-0.05, 0) is 46.2 Å². The molecule has 3 amide bonds. The summed E-state index contributed by atoms with van der Waals surface area (Å²) in [6, 6.07) is 13.7. The Morgan fingerprint density at radius 3 is 2.24 bits per heavy atom. The van der Waals surface area contributed by atoms with Gasteiger partial charge in [-0.1, -0.05) is 37.3 Å². The van der Waals surface area contributed by atoms with E-state index in [2.05, 4.69) is 20.4 Å². The molecule has 2 heterocycles. The molecule has 1 fully saturated rings. The highest BCUT2D eigenvalue weighted by molar-refractivity contribution is 5.84. The Hall–Kier alpha value is -3.16. The molecule has 178 valence electrons. The van der Waals surface area contributed by atoms with Gasteiger partial charge in [0.05, 0.1) is 5.69 Å². The normalized spacial score (nSPS) is 15.2. The summed E-state index contributed by atoms with van der Waals surface area (Å²) >= 11 is 0. The Labute approximate surface area is 197 Å². The van der Waals surface area contributed by atoms with Gasteiger partial charge in [0.25, 0.3) is 0 Å². The van der Waals surface area contributed by atoms with Gasteiger partial charge in [-0.3, -0.25) is 4.79 Å². The number of rotatable bonds is 6. The predicted octanol–water partition coefficient (Wildman–Crippen LogP) is 3.40. The first-order chi connectivity index (χ1) is 15.7. The molecule has 1 N–H and O–H groups in total. The zero-order valence-electron chi connectivity index (χ0n) is 20.4. The van der Waals surface area contributed by atoms with Crippen molar-refractivity contribution in [1.29, 1.82) is 0 Å². The van der Waals surface area contributed by atoms with E-state index < -0.39 is 0 Å². The first-order valence-electron chi connectivity index (χ1n) is 11.7. The van der Waals surface area contributed by atoms with Crippen LogP contribution in [0, 0.1) is 0 Å². The average Bonchev–Trinajstić information content (AvgIpc) is 2.81. The van der Waals surface area contributed by atoms with Crippen LogP contribution in [0.1, 0.15) is 41.0 Å². The van der Waals surface area contributed by atoms with E-state index in [0.29, 0.717) is 26.2 Å². The number of hydrogen-bond acceptors (Lipinski definition) is 5. The molecule has 1 aliphatic rings. The van der Waals surface area contributed by atoms with Crippen molar-refractivity contribution in [2.24, 2.45) is 0 Å². The van der Waals surface area contributed by atoms with E-state index in [-0.39, 0.29) is 30.1 Å². The third-order valence-electron chi connectivity index (χ3n) is 5.85. The van der Waals surface area contributed by atoms with Gasteiger partial charge >= 0.3 is 6.03 Å². The molecule has 1 unspecified atom stereocenters. The van der Waals surface area contributed by atoms with Gasteiger partial charge in [-0.2, -0.15) is 0 Å². The Kier molecular flexibility index (Phi) is 7.89. The van der Waals surface area contributed by atoms with Gasteiger partial charge in [0, 0.05) is 43.3 Å². The number of piperazine rings is 1. The van der Waals surface area contributed by atoms with Gasteiger partial charge in [-0.25, -0.2) is 4.79 Å². The first kappa shape index (κ1) is 24.5. The maximum Gasteiger partial charge on any atom is 0.318 e. The van der Waals surface area contributed by atoms with Crippen molar-refractivity contribution in [3.63, 3.8) is 0 Å². The molecule has 0 aliphatic carbocycles. The number of amides is 3. The van der Waals surface area contributed by atoms with Crippen LogP contribution in [0.2, 0.25) is 0 Å². The highest BCUT2D eigenvalue weighted by Gasteiger charge is 2.29. The van der Waals surface area contributed by atoms with Crippen molar-refractivity contribution < 1.29 is 9.59 Å². The highest BCUT2D eigenvalue weighted by Crippen LogP contribution is 2.19. The van der Waals surface area contributed by atoms with Gasteiger partial charge < -0.3 is 20.0 Å². The Morgan fingerprint density at radius 2 is 1.70 bits per heavy atom. The lowest BCUT2D eigenvalue weighted by atomic mass is 10.1. The zero-order valence-corrected chi connectivity index (χ0v) is 20.4. The molecule has 1 aromatic heterocycles. The second-order valence-corrected chi connectivity index (χ2v) is 9.58. The summed E-state index contributed by atoms with van der Waals surface area (Å²) in [6.45, 7) is 12.5. The number of hydrogen-bond donors (Lipinski definition) is 1. The van der Waals surface area contributed by atoms with E-state index in [9.17, 15) is 9.59 Å². The molecule has 8 nitrogen and oxygen atoms in total. The third-order valence-corrected chi connectivity index (χ3v) is 5.85. The van der Waals surface area contributed by atoms with Crippen molar-refractivity contribution in [3.05, 3.63) is 42.5 Å². The number of anilines is 1. The fraction of sp³-hybridized carbons (Fsp3) is 0.520. The maximum absolute atomic E-state index is 13.0. The Bertz CT molecular complexity index is 918. The second kappa shape index (κ2) is 10.6. The van der Waals surface area contributed by atoms with Gasteiger partial charge in [-0.15, -0.1) is 10.2 Å². The van der Waals surface area contributed by atoms with Crippen LogP contribution in [0.5, 0.6) is 0 Å². The molecule has 0 spiro atoms. The van der Waals surface area contributed by atoms with Gasteiger partial charge in [0.2, 0.25) is 5.91 Å². The number of carbonyl (C=O) groups excluding carboxylic acids is 2. The maximum atomic E-state index is 13.0. The van der Waals surface area contributed by atoms with Gasteiger partial charge in [0.15, 0.2) is 5.82 Å². The van der Waals surface area contributed by atoms with Crippen LogP contribution in [0.4, 0.5) is 10.6 Å². The summed E-state index contributed by atoms with van der Waals surface area (Å²) in [5.41, 5.74) is 1.52. The monoisotopic (exact) mass is 452 g/mol. The number of nitrogens with one attached hydrogen (secondary N) is 1. The topological polar surface area (TPSA) is 81.7 Å². The smallest absolute Gasteiger partial charge is 0.318 e. The molecule has 0 bridgehead atoms. The molecular formula is C25H36N6O2. The molecule has 1 saturated heterocycles. The number of carbonyl (C=O) groups is 2. The number of benzene rings is 1. The standard InChI is InChI=1S/C25H36N6O2/c1-6-19(2)31(24(33)26-25(3,4)5)18-23(32)30-16-14-29(15-17-30)22-13-12-21(27-28-22)20-10-8-7-9-11-20/h7-13,19H,6,14-18H2,1-5H3,(H,26,33). The van der Waals surface area contributed by atoms with E-state index in [4.69, 9.17) is 0 Å². The van der Waals surface area contributed by atoms with Crippen LogP contribution < -0.4 is 10.2 Å². The zero-order chi connectivity index (χ0) is 24.0. The van der Waals surface area contributed by atoms with E-state index in [0.717, 1.165) is 23.5 Å². The van der Waals surface area contributed by atoms with Crippen LogP contribution in [-0.2, 0) is 4.79 Å². The van der Waals surface area contributed by atoms with E-state index in [1.165, 1.54) is 0 Å². The second-order valence-electron chi connectivity index (χ2n) is 9.58. The first-order valence-corrected chi connectivity index (χ1v) is 11.7. The highest BCUT2D eigenvalue weighted by atomic mass is 16.2. The number of nitrogens with zero attached hydrogens (tertiary/aromatic N) is 5.